The van der Waals surface area contributed by atoms with E-state index in [9.17, 15) is 9.90 Å². The number of benzene rings is 4. The number of aliphatic carboxylic acids is 1. The van der Waals surface area contributed by atoms with E-state index in [-0.39, 0.29) is 6.42 Å². The van der Waals surface area contributed by atoms with Gasteiger partial charge >= 0.3 is 5.97 Å². The smallest absolute Gasteiger partial charge is 0.345 e. The number of rotatable bonds is 10. The van der Waals surface area contributed by atoms with Gasteiger partial charge in [-0.3, -0.25) is 0 Å². The number of ether oxygens (including phenoxy) is 3. The van der Waals surface area contributed by atoms with Crippen molar-refractivity contribution in [3.05, 3.63) is 103 Å². The van der Waals surface area contributed by atoms with E-state index < -0.39 is 12.1 Å². The van der Waals surface area contributed by atoms with Gasteiger partial charge in [-0.2, -0.15) is 0 Å². The normalized spacial score (nSPS) is 11.9. The first-order valence-electron chi connectivity index (χ1n) is 11.8. The Balaban J connectivity index is 1.25. The minimum Gasteiger partial charge on any atom is -0.493 e. The lowest BCUT2D eigenvalue weighted by atomic mass is 10.1. The van der Waals surface area contributed by atoms with Crippen molar-refractivity contribution in [2.24, 2.45) is 0 Å². The monoisotopic (exact) mass is 481 g/mol. The summed E-state index contributed by atoms with van der Waals surface area (Å²) in [6, 6.07) is 29.2. The van der Waals surface area contributed by atoms with E-state index >= 15 is 0 Å². The van der Waals surface area contributed by atoms with Crippen molar-refractivity contribution in [2.75, 3.05) is 13.7 Å². The summed E-state index contributed by atoms with van der Waals surface area (Å²) in [6.45, 7) is 1.16. The van der Waals surface area contributed by atoms with Crippen LogP contribution in [0.25, 0.3) is 21.7 Å². The van der Waals surface area contributed by atoms with E-state index in [2.05, 4.69) is 29.0 Å². The molecular formula is C30H27NO5. The number of aromatic nitrogens is 1. The van der Waals surface area contributed by atoms with Crippen molar-refractivity contribution in [2.45, 2.75) is 19.1 Å². The molecule has 0 amide bonds. The van der Waals surface area contributed by atoms with E-state index in [1.807, 2.05) is 60.7 Å². The predicted octanol–water partition coefficient (Wildman–Crippen LogP) is 5.96. The van der Waals surface area contributed by atoms with Crippen LogP contribution in [0.15, 0.2) is 97.2 Å². The number of hydrogen-bond donors (Lipinski definition) is 1. The van der Waals surface area contributed by atoms with Crippen LogP contribution in [0.2, 0.25) is 0 Å². The molecule has 0 radical (unpaired) electrons. The van der Waals surface area contributed by atoms with Gasteiger partial charge in [-0.25, -0.2) is 4.79 Å². The number of fused-ring (bicyclic) bond motifs is 2. The highest BCUT2D eigenvalue weighted by Gasteiger charge is 2.21. The highest BCUT2D eigenvalue weighted by atomic mass is 16.5. The second kappa shape index (κ2) is 10.4. The molecule has 1 atom stereocenters. The summed E-state index contributed by atoms with van der Waals surface area (Å²) in [6.07, 6.45) is 1.20. The Bertz CT molecular complexity index is 1510. The predicted molar refractivity (Wildman–Crippen MR) is 140 cm³/mol. The van der Waals surface area contributed by atoms with E-state index in [0.717, 1.165) is 21.9 Å². The largest absolute Gasteiger partial charge is 0.493 e. The second-order valence-corrected chi connectivity index (χ2v) is 8.56. The van der Waals surface area contributed by atoms with Crippen molar-refractivity contribution < 1.29 is 24.1 Å². The van der Waals surface area contributed by atoms with Crippen molar-refractivity contribution in [3.63, 3.8) is 0 Å². The lowest BCUT2D eigenvalue weighted by molar-refractivity contribution is -0.145. The van der Waals surface area contributed by atoms with Gasteiger partial charge in [-0.1, -0.05) is 54.6 Å². The summed E-state index contributed by atoms with van der Waals surface area (Å²) in [5.41, 5.74) is 1.94. The summed E-state index contributed by atoms with van der Waals surface area (Å²) in [7, 11) is 1.58. The molecule has 0 bridgehead atoms. The number of nitrogens with zero attached hydrogens (tertiary/aromatic N) is 1. The molecule has 0 aliphatic rings. The number of methoxy groups -OCH3 is 1. The fourth-order valence-electron chi connectivity index (χ4n) is 4.35. The molecule has 5 aromatic rings. The maximum Gasteiger partial charge on any atom is 0.345 e. The zero-order chi connectivity index (χ0) is 24.9. The lowest BCUT2D eigenvalue weighted by Crippen LogP contribution is -2.29. The zero-order valence-corrected chi connectivity index (χ0v) is 20.0. The van der Waals surface area contributed by atoms with Gasteiger partial charge < -0.3 is 23.9 Å². The molecule has 0 spiro atoms. The first-order chi connectivity index (χ1) is 17.6. The third kappa shape index (κ3) is 5.13. The molecule has 5 rings (SSSR count). The number of carbonyl (C=O) groups is 1. The van der Waals surface area contributed by atoms with Crippen molar-refractivity contribution in [1.29, 1.82) is 0 Å². The second-order valence-electron chi connectivity index (χ2n) is 8.56. The van der Waals surface area contributed by atoms with Crippen molar-refractivity contribution in [1.82, 2.24) is 4.57 Å². The minimum absolute atomic E-state index is 0.189. The minimum atomic E-state index is -1.04. The van der Waals surface area contributed by atoms with E-state index in [4.69, 9.17) is 14.2 Å². The Morgan fingerprint density at radius 1 is 0.861 bits per heavy atom. The molecule has 6 nitrogen and oxygen atoms in total. The topological polar surface area (TPSA) is 69.9 Å². The van der Waals surface area contributed by atoms with E-state index in [1.165, 1.54) is 5.39 Å². The third-order valence-electron chi connectivity index (χ3n) is 6.19. The number of hydrogen-bond acceptors (Lipinski definition) is 4. The summed E-state index contributed by atoms with van der Waals surface area (Å²) < 4.78 is 19.5. The lowest BCUT2D eigenvalue weighted by Gasteiger charge is -2.17. The van der Waals surface area contributed by atoms with Crippen LogP contribution in [-0.2, 0) is 17.8 Å². The number of para-hydroxylation sites is 1. The maximum atomic E-state index is 12.0. The highest BCUT2D eigenvalue weighted by Crippen LogP contribution is 2.29. The molecule has 0 saturated heterocycles. The molecule has 6 heteroatoms. The van der Waals surface area contributed by atoms with Crippen molar-refractivity contribution in [3.8, 4) is 17.2 Å². The van der Waals surface area contributed by atoms with Gasteiger partial charge in [0.25, 0.3) is 0 Å². The van der Waals surface area contributed by atoms with Gasteiger partial charge in [0.2, 0.25) is 0 Å². The molecule has 0 aliphatic heterocycles. The fourth-order valence-corrected chi connectivity index (χ4v) is 4.35. The molecule has 182 valence electrons. The van der Waals surface area contributed by atoms with E-state index in [1.54, 1.807) is 19.2 Å². The third-order valence-corrected chi connectivity index (χ3v) is 6.19. The van der Waals surface area contributed by atoms with Crippen LogP contribution in [0.3, 0.4) is 0 Å². The fraction of sp³-hybridized carbons (Fsp3) is 0.167. The Labute approximate surface area is 209 Å². The van der Waals surface area contributed by atoms with Gasteiger partial charge in [0.05, 0.1) is 13.7 Å². The standard InChI is InChI=1S/C30H27NO5/c1-34-28-18-21(10-13-27(28)35-17-16-31-15-14-23-7-4-5-9-26(23)31)19-29(30(32)33)36-25-12-11-22-6-2-3-8-24(22)20-25/h2-15,18,20,29H,16-17,19H2,1H3,(H,32,33). The Morgan fingerprint density at radius 2 is 1.64 bits per heavy atom. The molecule has 4 aromatic carbocycles. The highest BCUT2D eigenvalue weighted by molar-refractivity contribution is 5.84. The average Bonchev–Trinajstić information content (AvgIpc) is 3.32. The maximum absolute atomic E-state index is 12.0. The van der Waals surface area contributed by atoms with Gasteiger partial charge in [-0.15, -0.1) is 0 Å². The van der Waals surface area contributed by atoms with Crippen LogP contribution < -0.4 is 14.2 Å². The summed E-state index contributed by atoms with van der Waals surface area (Å²) in [4.78, 5) is 12.0. The number of carboxylic acids is 1. The molecule has 1 unspecified atom stereocenters. The summed E-state index contributed by atoms with van der Waals surface area (Å²) in [5.74, 6) is 0.659. The van der Waals surface area contributed by atoms with Gasteiger partial charge in [0.15, 0.2) is 17.6 Å². The molecule has 0 fully saturated rings. The number of carboxylic acid groups (broad SMARTS) is 1. The van der Waals surface area contributed by atoms with Crippen LogP contribution in [0.5, 0.6) is 17.2 Å². The van der Waals surface area contributed by atoms with Gasteiger partial charge in [0, 0.05) is 18.1 Å². The zero-order valence-electron chi connectivity index (χ0n) is 20.0. The molecule has 0 aliphatic carbocycles. The Kier molecular flexibility index (Phi) is 6.76. The quantitative estimate of drug-likeness (QED) is 0.267. The van der Waals surface area contributed by atoms with Crippen LogP contribution in [-0.4, -0.2) is 35.5 Å². The molecule has 0 saturated carbocycles. The first-order valence-corrected chi connectivity index (χ1v) is 11.8. The Hall–Kier alpha value is -4.45. The SMILES string of the molecule is COc1cc(CC(Oc2ccc3ccccc3c2)C(=O)O)ccc1OCCn1ccc2ccccc21. The summed E-state index contributed by atoms with van der Waals surface area (Å²) >= 11 is 0. The van der Waals surface area contributed by atoms with Crippen LogP contribution in [0, 0.1) is 0 Å². The molecule has 1 aromatic heterocycles. The van der Waals surface area contributed by atoms with Gasteiger partial charge in [-0.05, 0) is 58.1 Å². The average molecular weight is 482 g/mol. The van der Waals surface area contributed by atoms with Gasteiger partial charge in [0.1, 0.15) is 12.4 Å². The van der Waals surface area contributed by atoms with Crippen LogP contribution in [0.1, 0.15) is 5.56 Å². The molecule has 36 heavy (non-hydrogen) atoms. The van der Waals surface area contributed by atoms with Crippen LogP contribution >= 0.6 is 0 Å². The van der Waals surface area contributed by atoms with Crippen LogP contribution in [0.4, 0.5) is 0 Å². The summed E-state index contributed by atoms with van der Waals surface area (Å²) in [5, 5.41) is 13.0. The first kappa shape index (κ1) is 23.3. The molecule has 1 heterocycles. The van der Waals surface area contributed by atoms with E-state index in [0.29, 0.717) is 30.4 Å². The van der Waals surface area contributed by atoms with Crippen molar-refractivity contribution >= 4 is 27.6 Å². The molecular weight excluding hydrogens is 454 g/mol. The Morgan fingerprint density at radius 3 is 2.44 bits per heavy atom. The molecule has 1 N–H and O–H groups in total.